The van der Waals surface area contributed by atoms with Gasteiger partial charge in [0.2, 0.25) is 0 Å². The molecule has 2 aromatic heterocycles. The van der Waals surface area contributed by atoms with Gasteiger partial charge in [-0.05, 0) is 42.5 Å². The van der Waals surface area contributed by atoms with Crippen molar-refractivity contribution in [2.45, 2.75) is 25.8 Å². The van der Waals surface area contributed by atoms with E-state index in [-0.39, 0.29) is 24.0 Å². The Bertz CT molecular complexity index is 606. The summed E-state index contributed by atoms with van der Waals surface area (Å²) in [6, 6.07) is 5.78. The number of rotatable bonds is 5. The highest BCUT2D eigenvalue weighted by atomic mass is 127. The molecule has 0 spiro atoms. The predicted molar refractivity (Wildman–Crippen MR) is 97.4 cm³/mol. The zero-order valence-electron chi connectivity index (χ0n) is 12.4. The first-order chi connectivity index (χ1) is 10.3. The maximum atomic E-state index is 5.89. The molecule has 0 bridgehead atoms. The molecule has 2 heterocycles. The second-order valence-corrected chi connectivity index (χ2v) is 5.35. The molecule has 7 heteroatoms. The molecule has 22 heavy (non-hydrogen) atoms. The van der Waals surface area contributed by atoms with Gasteiger partial charge in [0.15, 0.2) is 11.8 Å². The lowest BCUT2D eigenvalue weighted by Gasteiger charge is -2.25. The van der Waals surface area contributed by atoms with Gasteiger partial charge in [0, 0.05) is 25.1 Å². The van der Waals surface area contributed by atoms with E-state index in [9.17, 15) is 0 Å². The van der Waals surface area contributed by atoms with Crippen LogP contribution in [0.1, 0.15) is 24.8 Å². The molecule has 0 radical (unpaired) electrons. The summed E-state index contributed by atoms with van der Waals surface area (Å²) < 4.78 is 1.73. The Kier molecular flexibility index (Phi) is 6.17. The van der Waals surface area contributed by atoms with E-state index < -0.39 is 0 Å². The van der Waals surface area contributed by atoms with Gasteiger partial charge < -0.3 is 11.1 Å². The molecule has 1 aliphatic carbocycles. The van der Waals surface area contributed by atoms with Crippen LogP contribution >= 0.6 is 24.0 Å². The Morgan fingerprint density at radius 3 is 2.95 bits per heavy atom. The van der Waals surface area contributed by atoms with Crippen molar-refractivity contribution in [1.29, 1.82) is 0 Å². The second kappa shape index (κ2) is 8.11. The fourth-order valence-corrected chi connectivity index (χ4v) is 2.27. The SMILES string of the molecule is I.NC(=NCc1ccnc(-n2cccn2)c1)NCC1CCC1. The van der Waals surface area contributed by atoms with Crippen LogP contribution in [0.3, 0.4) is 0 Å². The number of aromatic nitrogens is 3. The van der Waals surface area contributed by atoms with E-state index in [0.717, 1.165) is 23.8 Å². The van der Waals surface area contributed by atoms with Gasteiger partial charge in [-0.3, -0.25) is 0 Å². The highest BCUT2D eigenvalue weighted by molar-refractivity contribution is 14.0. The molecule has 3 rings (SSSR count). The van der Waals surface area contributed by atoms with Crippen molar-refractivity contribution in [3.8, 4) is 5.82 Å². The monoisotopic (exact) mass is 412 g/mol. The van der Waals surface area contributed by atoms with Crippen molar-refractivity contribution in [1.82, 2.24) is 20.1 Å². The molecule has 0 aromatic carbocycles. The molecule has 6 nitrogen and oxygen atoms in total. The molecule has 0 unspecified atom stereocenters. The van der Waals surface area contributed by atoms with Crippen LogP contribution in [0.15, 0.2) is 41.8 Å². The van der Waals surface area contributed by atoms with E-state index in [1.807, 2.05) is 24.4 Å². The summed E-state index contributed by atoms with van der Waals surface area (Å²) in [6.07, 6.45) is 9.31. The molecule has 1 aliphatic rings. The molecular weight excluding hydrogens is 391 g/mol. The van der Waals surface area contributed by atoms with Crippen LogP contribution in [0.5, 0.6) is 0 Å². The second-order valence-electron chi connectivity index (χ2n) is 5.35. The Labute approximate surface area is 147 Å². The number of nitrogens with one attached hydrogen (secondary N) is 1. The first-order valence-electron chi connectivity index (χ1n) is 7.30. The average Bonchev–Trinajstić information content (AvgIpc) is 2.98. The lowest BCUT2D eigenvalue weighted by molar-refractivity contribution is 0.315. The first kappa shape index (κ1) is 16.7. The molecule has 118 valence electrons. The van der Waals surface area contributed by atoms with Gasteiger partial charge in [-0.1, -0.05) is 6.42 Å². The number of nitrogens with zero attached hydrogens (tertiary/aromatic N) is 4. The van der Waals surface area contributed by atoms with E-state index >= 15 is 0 Å². The van der Waals surface area contributed by atoms with Crippen molar-refractivity contribution in [3.05, 3.63) is 42.4 Å². The van der Waals surface area contributed by atoms with E-state index in [2.05, 4.69) is 20.4 Å². The summed E-state index contributed by atoms with van der Waals surface area (Å²) in [5.41, 5.74) is 6.95. The third-order valence-electron chi connectivity index (χ3n) is 3.78. The topological polar surface area (TPSA) is 81.1 Å². The van der Waals surface area contributed by atoms with Crippen molar-refractivity contribution in [2.75, 3.05) is 6.54 Å². The van der Waals surface area contributed by atoms with Gasteiger partial charge in [-0.2, -0.15) is 5.10 Å². The summed E-state index contributed by atoms with van der Waals surface area (Å²) >= 11 is 0. The predicted octanol–water partition coefficient (Wildman–Crippen LogP) is 2.09. The van der Waals surface area contributed by atoms with Crippen LogP contribution in [0.4, 0.5) is 0 Å². The maximum Gasteiger partial charge on any atom is 0.188 e. The quantitative estimate of drug-likeness (QED) is 0.448. The van der Waals surface area contributed by atoms with E-state index in [1.165, 1.54) is 19.3 Å². The Hall–Kier alpha value is -1.64. The normalized spacial score (nSPS) is 15.0. The van der Waals surface area contributed by atoms with Gasteiger partial charge >= 0.3 is 0 Å². The van der Waals surface area contributed by atoms with Crippen LogP contribution in [0.25, 0.3) is 5.82 Å². The zero-order valence-corrected chi connectivity index (χ0v) is 14.7. The van der Waals surface area contributed by atoms with Crippen LogP contribution < -0.4 is 11.1 Å². The van der Waals surface area contributed by atoms with Gasteiger partial charge in [-0.15, -0.1) is 24.0 Å². The minimum Gasteiger partial charge on any atom is -0.370 e. The molecule has 2 aromatic rings. The Morgan fingerprint density at radius 2 is 2.27 bits per heavy atom. The average molecular weight is 412 g/mol. The third kappa shape index (κ3) is 4.43. The highest BCUT2D eigenvalue weighted by Gasteiger charge is 2.16. The van der Waals surface area contributed by atoms with Crippen LogP contribution in [0.2, 0.25) is 0 Å². The summed E-state index contributed by atoms with van der Waals surface area (Å²) in [5, 5.41) is 7.36. The molecule has 1 saturated carbocycles. The molecule has 1 fully saturated rings. The summed E-state index contributed by atoms with van der Waals surface area (Å²) in [7, 11) is 0. The maximum absolute atomic E-state index is 5.89. The number of hydrogen-bond donors (Lipinski definition) is 2. The van der Waals surface area contributed by atoms with Gasteiger partial charge in [0.05, 0.1) is 6.54 Å². The minimum atomic E-state index is 0. The first-order valence-corrected chi connectivity index (χ1v) is 7.30. The number of halogens is 1. The van der Waals surface area contributed by atoms with Crippen molar-refractivity contribution in [3.63, 3.8) is 0 Å². The highest BCUT2D eigenvalue weighted by Crippen LogP contribution is 2.24. The Balaban J connectivity index is 0.00000176. The van der Waals surface area contributed by atoms with E-state index in [4.69, 9.17) is 5.73 Å². The third-order valence-corrected chi connectivity index (χ3v) is 3.78. The van der Waals surface area contributed by atoms with Crippen LogP contribution in [0, 0.1) is 5.92 Å². The lowest BCUT2D eigenvalue weighted by Crippen LogP contribution is -2.37. The van der Waals surface area contributed by atoms with Crippen LogP contribution in [-0.4, -0.2) is 27.3 Å². The molecule has 0 atom stereocenters. The number of pyridine rings is 1. The number of aliphatic imine (C=N–C) groups is 1. The molecule has 3 N–H and O–H groups in total. The summed E-state index contributed by atoms with van der Waals surface area (Å²) in [5.74, 6) is 2.07. The largest absolute Gasteiger partial charge is 0.370 e. The molecule has 0 amide bonds. The summed E-state index contributed by atoms with van der Waals surface area (Å²) in [4.78, 5) is 8.67. The standard InChI is InChI=1S/C15H20N6.HI/c16-15(18-10-12-3-1-4-12)19-11-13-5-7-17-14(9-13)21-8-2-6-20-21;/h2,5-9,12H,1,3-4,10-11H2,(H3,16,18,19);1H. The van der Waals surface area contributed by atoms with Crippen molar-refractivity contribution in [2.24, 2.45) is 16.6 Å². The zero-order chi connectivity index (χ0) is 14.5. The smallest absolute Gasteiger partial charge is 0.188 e. The molecular formula is C15H21IN6. The lowest BCUT2D eigenvalue weighted by atomic mass is 9.85. The fourth-order valence-electron chi connectivity index (χ4n) is 2.27. The van der Waals surface area contributed by atoms with Crippen molar-refractivity contribution >= 4 is 29.9 Å². The number of guanidine groups is 1. The number of nitrogens with two attached hydrogens (primary N) is 1. The molecule has 0 aliphatic heterocycles. The van der Waals surface area contributed by atoms with Crippen molar-refractivity contribution < 1.29 is 0 Å². The van der Waals surface area contributed by atoms with E-state index in [1.54, 1.807) is 17.1 Å². The fraction of sp³-hybridized carbons (Fsp3) is 0.400. The minimum absolute atomic E-state index is 0. The van der Waals surface area contributed by atoms with Crippen LogP contribution in [-0.2, 0) is 6.54 Å². The summed E-state index contributed by atoms with van der Waals surface area (Å²) in [6.45, 7) is 1.48. The van der Waals surface area contributed by atoms with E-state index in [0.29, 0.717) is 12.5 Å². The van der Waals surface area contributed by atoms with Gasteiger partial charge in [0.1, 0.15) is 0 Å². The number of hydrogen-bond acceptors (Lipinski definition) is 3. The molecule has 0 saturated heterocycles. The van der Waals surface area contributed by atoms with Gasteiger partial charge in [-0.25, -0.2) is 14.7 Å². The Morgan fingerprint density at radius 1 is 1.41 bits per heavy atom. The van der Waals surface area contributed by atoms with Gasteiger partial charge in [0.25, 0.3) is 0 Å².